The largest absolute Gasteiger partial charge is 0.573 e. The molecule has 0 aliphatic heterocycles. The van der Waals surface area contributed by atoms with Crippen LogP contribution in [0.4, 0.5) is 19.0 Å². The van der Waals surface area contributed by atoms with Crippen molar-refractivity contribution >= 4 is 17.7 Å². The molecule has 1 amide bonds. The number of carboxylic acids is 1. The molecule has 0 spiro atoms. The van der Waals surface area contributed by atoms with Crippen molar-refractivity contribution in [3.63, 3.8) is 0 Å². The Hall–Kier alpha value is -3.10. The van der Waals surface area contributed by atoms with Crippen molar-refractivity contribution in [3.05, 3.63) is 53.7 Å². The van der Waals surface area contributed by atoms with E-state index in [1.165, 1.54) is 24.3 Å². The topological polar surface area (TPSA) is 88.5 Å². The molecule has 2 rings (SSSR count). The molecule has 120 valence electrons. The lowest BCUT2D eigenvalue weighted by Crippen LogP contribution is -2.21. The van der Waals surface area contributed by atoms with Gasteiger partial charge in [0.1, 0.15) is 11.6 Å². The maximum absolute atomic E-state index is 12.3. The van der Waals surface area contributed by atoms with E-state index in [1.807, 2.05) is 0 Å². The fraction of sp³-hybridized carbons (Fsp3) is 0.0714. The first-order valence-corrected chi connectivity index (χ1v) is 6.12. The predicted octanol–water partition coefficient (Wildman–Crippen LogP) is 2.93. The minimum atomic E-state index is -4.93. The molecule has 0 unspecified atom stereocenters. The molecule has 0 fully saturated rings. The van der Waals surface area contributed by atoms with Crippen molar-refractivity contribution in [3.8, 4) is 5.75 Å². The van der Waals surface area contributed by atoms with Crippen LogP contribution in [-0.4, -0.2) is 28.3 Å². The van der Waals surface area contributed by atoms with Crippen LogP contribution in [-0.2, 0) is 0 Å². The maximum atomic E-state index is 12.3. The number of aromatic nitrogens is 1. The van der Waals surface area contributed by atoms with Crippen LogP contribution in [0.5, 0.6) is 5.75 Å². The number of amides is 1. The summed E-state index contributed by atoms with van der Waals surface area (Å²) in [6, 6.07) is 7.24. The summed E-state index contributed by atoms with van der Waals surface area (Å²) >= 11 is 0. The number of halogens is 3. The first kappa shape index (κ1) is 16.3. The van der Waals surface area contributed by atoms with Crippen molar-refractivity contribution in [2.24, 2.45) is 0 Å². The molecule has 0 aliphatic rings. The fourth-order valence-electron chi connectivity index (χ4n) is 1.65. The third-order valence-electron chi connectivity index (χ3n) is 2.61. The number of pyridine rings is 1. The molecule has 6 nitrogen and oxygen atoms in total. The Kier molecular flexibility index (Phi) is 4.49. The zero-order chi connectivity index (χ0) is 17.0. The van der Waals surface area contributed by atoms with Crippen LogP contribution in [0.3, 0.4) is 0 Å². The smallest absolute Gasteiger partial charge is 0.478 e. The Balaban J connectivity index is 2.19. The van der Waals surface area contributed by atoms with Crippen molar-refractivity contribution in [1.29, 1.82) is 0 Å². The Bertz CT molecular complexity index is 730. The number of carboxylic acid groups (broad SMARTS) is 1. The van der Waals surface area contributed by atoms with E-state index < -0.39 is 24.0 Å². The van der Waals surface area contributed by atoms with E-state index in [4.69, 9.17) is 5.11 Å². The zero-order valence-electron chi connectivity index (χ0n) is 11.3. The second-order valence-corrected chi connectivity index (χ2v) is 4.24. The highest BCUT2D eigenvalue weighted by molar-refractivity contribution is 6.05. The molecule has 0 saturated carbocycles. The van der Waals surface area contributed by atoms with E-state index in [0.717, 1.165) is 18.3 Å². The first-order valence-electron chi connectivity index (χ1n) is 6.12. The van der Waals surface area contributed by atoms with Crippen LogP contribution in [0.1, 0.15) is 20.7 Å². The van der Waals surface area contributed by atoms with Crippen molar-refractivity contribution < 1.29 is 32.6 Å². The highest BCUT2D eigenvalue weighted by Crippen LogP contribution is 2.26. The summed E-state index contributed by atoms with van der Waals surface area (Å²) in [5.41, 5.74) is -0.433. The van der Waals surface area contributed by atoms with E-state index in [-0.39, 0.29) is 16.9 Å². The molecule has 0 atom stereocenters. The molecule has 2 aromatic rings. The third-order valence-corrected chi connectivity index (χ3v) is 2.61. The Morgan fingerprint density at radius 2 is 1.83 bits per heavy atom. The second kappa shape index (κ2) is 6.34. The van der Waals surface area contributed by atoms with Gasteiger partial charge in [-0.05, 0) is 24.3 Å². The number of benzene rings is 1. The molecule has 0 radical (unpaired) electrons. The molecule has 1 heterocycles. The van der Waals surface area contributed by atoms with Crippen LogP contribution in [0.25, 0.3) is 0 Å². The van der Waals surface area contributed by atoms with Crippen LogP contribution >= 0.6 is 0 Å². The van der Waals surface area contributed by atoms with E-state index in [0.29, 0.717) is 0 Å². The summed E-state index contributed by atoms with van der Waals surface area (Å²) < 4.78 is 40.7. The Morgan fingerprint density at radius 1 is 1.13 bits per heavy atom. The number of carbonyl (C=O) groups excluding carboxylic acids is 1. The minimum absolute atomic E-state index is 0.0122. The molecular weight excluding hydrogens is 317 g/mol. The van der Waals surface area contributed by atoms with Gasteiger partial charge in [0.05, 0.1) is 11.1 Å². The van der Waals surface area contributed by atoms with Gasteiger partial charge in [-0.15, -0.1) is 13.2 Å². The lowest BCUT2D eigenvalue weighted by atomic mass is 10.2. The number of hydrogen-bond donors (Lipinski definition) is 2. The summed E-state index contributed by atoms with van der Waals surface area (Å²) in [6.07, 6.45) is -3.92. The van der Waals surface area contributed by atoms with Gasteiger partial charge in [-0.1, -0.05) is 12.1 Å². The highest BCUT2D eigenvalue weighted by Gasteiger charge is 2.32. The summed E-state index contributed by atoms with van der Waals surface area (Å²) in [6.45, 7) is 0. The molecule has 23 heavy (non-hydrogen) atoms. The van der Waals surface area contributed by atoms with E-state index in [2.05, 4.69) is 15.0 Å². The number of carbonyl (C=O) groups is 2. The third kappa shape index (κ3) is 4.43. The molecule has 0 aliphatic carbocycles. The number of hydrogen-bond acceptors (Lipinski definition) is 4. The Labute approximate surface area is 127 Å². The monoisotopic (exact) mass is 326 g/mol. The Morgan fingerprint density at radius 3 is 2.39 bits per heavy atom. The molecule has 9 heteroatoms. The predicted molar refractivity (Wildman–Crippen MR) is 72.3 cm³/mol. The number of para-hydroxylation sites is 1. The summed E-state index contributed by atoms with van der Waals surface area (Å²) in [5.74, 6) is -2.74. The van der Waals surface area contributed by atoms with Gasteiger partial charge in [-0.3, -0.25) is 4.79 Å². The number of nitrogens with zero attached hydrogens (tertiary/aromatic N) is 1. The number of alkyl halides is 3. The van der Waals surface area contributed by atoms with Gasteiger partial charge in [-0.2, -0.15) is 0 Å². The number of aromatic carboxylic acids is 1. The van der Waals surface area contributed by atoms with Crippen molar-refractivity contribution in [1.82, 2.24) is 4.98 Å². The molecule has 0 saturated heterocycles. The maximum Gasteiger partial charge on any atom is 0.573 e. The van der Waals surface area contributed by atoms with E-state index >= 15 is 0 Å². The van der Waals surface area contributed by atoms with E-state index in [1.54, 1.807) is 0 Å². The molecule has 1 aromatic heterocycles. The zero-order valence-corrected chi connectivity index (χ0v) is 11.3. The standard InChI is InChI=1S/C14H9F3N2O4/c15-14(16,17)23-10-4-2-1-3-9(10)12(20)19-11-6-5-8(7-18-11)13(21)22/h1-7H,(H,21,22)(H,18,19,20). The quantitative estimate of drug-likeness (QED) is 0.902. The van der Waals surface area contributed by atoms with E-state index in [9.17, 15) is 22.8 Å². The van der Waals surface area contributed by atoms with Crippen LogP contribution in [0.2, 0.25) is 0 Å². The minimum Gasteiger partial charge on any atom is -0.478 e. The van der Waals surface area contributed by atoms with Gasteiger partial charge in [0.2, 0.25) is 0 Å². The van der Waals surface area contributed by atoms with Gasteiger partial charge in [-0.25, -0.2) is 9.78 Å². The first-order chi connectivity index (χ1) is 10.8. The summed E-state index contributed by atoms with van der Waals surface area (Å²) in [7, 11) is 0. The molecule has 2 N–H and O–H groups in total. The number of ether oxygens (including phenoxy) is 1. The molecule has 0 bridgehead atoms. The average molecular weight is 326 g/mol. The normalized spacial score (nSPS) is 10.9. The lowest BCUT2D eigenvalue weighted by molar-refractivity contribution is -0.274. The number of rotatable bonds is 4. The summed E-state index contributed by atoms with van der Waals surface area (Å²) in [4.78, 5) is 26.4. The van der Waals surface area contributed by atoms with Crippen LogP contribution in [0, 0.1) is 0 Å². The van der Waals surface area contributed by atoms with Gasteiger partial charge in [0.25, 0.3) is 5.91 Å². The second-order valence-electron chi connectivity index (χ2n) is 4.24. The van der Waals surface area contributed by atoms with Crippen LogP contribution in [0.15, 0.2) is 42.6 Å². The molecule has 1 aromatic carbocycles. The van der Waals surface area contributed by atoms with Gasteiger partial charge in [0, 0.05) is 6.20 Å². The highest BCUT2D eigenvalue weighted by atomic mass is 19.4. The average Bonchev–Trinajstić information content (AvgIpc) is 2.46. The SMILES string of the molecule is O=C(O)c1ccc(NC(=O)c2ccccc2OC(F)(F)F)nc1. The number of anilines is 1. The van der Waals surface area contributed by atoms with Crippen molar-refractivity contribution in [2.75, 3.05) is 5.32 Å². The molecular formula is C14H9F3N2O4. The number of nitrogens with one attached hydrogen (secondary N) is 1. The van der Waals surface area contributed by atoms with Crippen molar-refractivity contribution in [2.45, 2.75) is 6.36 Å². The van der Waals surface area contributed by atoms with Crippen LogP contribution < -0.4 is 10.1 Å². The van der Waals surface area contributed by atoms with Gasteiger partial charge in [0.15, 0.2) is 0 Å². The fourth-order valence-corrected chi connectivity index (χ4v) is 1.65. The van der Waals surface area contributed by atoms with Gasteiger partial charge < -0.3 is 15.2 Å². The summed E-state index contributed by atoms with van der Waals surface area (Å²) in [5, 5.41) is 11.0. The van der Waals surface area contributed by atoms with Gasteiger partial charge >= 0.3 is 12.3 Å². The lowest BCUT2D eigenvalue weighted by Gasteiger charge is -2.12.